The highest BCUT2D eigenvalue weighted by Gasteiger charge is 2.53. The van der Waals surface area contributed by atoms with E-state index in [1.807, 2.05) is 30.3 Å². The molecule has 0 radical (unpaired) electrons. The first kappa shape index (κ1) is 21.0. The second kappa shape index (κ2) is 7.93. The van der Waals surface area contributed by atoms with Gasteiger partial charge in [0.15, 0.2) is 0 Å². The number of aliphatic carboxylic acids is 1. The number of piperidine rings is 2. The molecular formula is C21H28N2O6. The van der Waals surface area contributed by atoms with Crippen LogP contribution in [0.15, 0.2) is 30.3 Å². The van der Waals surface area contributed by atoms with Crippen LogP contribution in [0.4, 0.5) is 9.59 Å². The van der Waals surface area contributed by atoms with Gasteiger partial charge in [0, 0.05) is 26.2 Å². The van der Waals surface area contributed by atoms with Gasteiger partial charge in [-0.2, -0.15) is 0 Å². The summed E-state index contributed by atoms with van der Waals surface area (Å²) in [6.45, 7) is 6.16. The SMILES string of the molecule is CC(C)(C)OC(=O)N1C[C@H]2CN(C(=O)OCc3ccccc3)C[C@@](C(=O)O)(C2)C1. The third-order valence-electron chi connectivity index (χ3n) is 5.19. The van der Waals surface area contributed by atoms with Crippen LogP contribution in [0.3, 0.4) is 0 Å². The zero-order chi connectivity index (χ0) is 21.2. The predicted octanol–water partition coefficient (Wildman–Crippen LogP) is 2.97. The molecule has 2 bridgehead atoms. The van der Waals surface area contributed by atoms with Gasteiger partial charge in [-0.25, -0.2) is 9.59 Å². The van der Waals surface area contributed by atoms with Crippen molar-refractivity contribution in [1.29, 1.82) is 0 Å². The molecule has 0 spiro atoms. The van der Waals surface area contributed by atoms with Crippen LogP contribution < -0.4 is 0 Å². The van der Waals surface area contributed by atoms with Crippen LogP contribution in [0, 0.1) is 11.3 Å². The van der Waals surface area contributed by atoms with Gasteiger partial charge in [-0.05, 0) is 38.7 Å². The van der Waals surface area contributed by atoms with Crippen molar-refractivity contribution < 1.29 is 29.0 Å². The van der Waals surface area contributed by atoms with Crippen molar-refractivity contribution in [3.8, 4) is 0 Å². The van der Waals surface area contributed by atoms with E-state index in [1.54, 1.807) is 20.8 Å². The van der Waals surface area contributed by atoms with E-state index in [0.29, 0.717) is 19.5 Å². The maximum absolute atomic E-state index is 12.6. The number of carboxylic acid groups (broad SMARTS) is 1. The van der Waals surface area contributed by atoms with Crippen molar-refractivity contribution in [2.75, 3.05) is 26.2 Å². The molecule has 2 atom stereocenters. The fourth-order valence-corrected chi connectivity index (χ4v) is 4.04. The van der Waals surface area contributed by atoms with Gasteiger partial charge in [-0.3, -0.25) is 4.79 Å². The summed E-state index contributed by atoms with van der Waals surface area (Å²) in [6.07, 6.45) is -0.632. The summed E-state index contributed by atoms with van der Waals surface area (Å²) in [5.41, 5.74) is -1.01. The molecule has 0 aliphatic carbocycles. The summed E-state index contributed by atoms with van der Waals surface area (Å²) in [5.74, 6) is -1.17. The van der Waals surface area contributed by atoms with E-state index < -0.39 is 29.2 Å². The molecule has 1 N–H and O–H groups in total. The molecule has 0 saturated carbocycles. The summed E-state index contributed by atoms with van der Waals surface area (Å²) in [5, 5.41) is 9.92. The van der Waals surface area contributed by atoms with E-state index in [-0.39, 0.29) is 25.6 Å². The summed E-state index contributed by atoms with van der Waals surface area (Å²) >= 11 is 0. The molecule has 2 fully saturated rings. The highest BCUT2D eigenvalue weighted by Crippen LogP contribution is 2.39. The van der Waals surface area contributed by atoms with Crippen LogP contribution in [0.2, 0.25) is 0 Å². The van der Waals surface area contributed by atoms with Gasteiger partial charge in [-0.1, -0.05) is 30.3 Å². The van der Waals surface area contributed by atoms with Gasteiger partial charge in [0.05, 0.1) is 0 Å². The fraction of sp³-hybridized carbons (Fsp3) is 0.571. The zero-order valence-corrected chi connectivity index (χ0v) is 17.1. The molecule has 3 rings (SSSR count). The first-order valence-corrected chi connectivity index (χ1v) is 9.75. The lowest BCUT2D eigenvalue weighted by Gasteiger charge is -2.50. The molecule has 2 amide bonds. The Labute approximate surface area is 170 Å². The Balaban J connectivity index is 1.68. The Morgan fingerprint density at radius 1 is 1.07 bits per heavy atom. The van der Waals surface area contributed by atoms with E-state index >= 15 is 0 Å². The van der Waals surface area contributed by atoms with Gasteiger partial charge in [0.2, 0.25) is 0 Å². The Bertz CT molecular complexity index is 775. The number of carbonyl (C=O) groups excluding carboxylic acids is 2. The summed E-state index contributed by atoms with van der Waals surface area (Å²) in [4.78, 5) is 40.1. The minimum absolute atomic E-state index is 0.00571. The van der Waals surface area contributed by atoms with E-state index in [4.69, 9.17) is 9.47 Å². The first-order valence-electron chi connectivity index (χ1n) is 9.75. The normalized spacial score (nSPS) is 24.0. The van der Waals surface area contributed by atoms with Crippen LogP contribution >= 0.6 is 0 Å². The van der Waals surface area contributed by atoms with Crippen LogP contribution in [0.5, 0.6) is 0 Å². The molecule has 2 saturated heterocycles. The highest BCUT2D eigenvalue weighted by molar-refractivity contribution is 5.79. The maximum Gasteiger partial charge on any atom is 0.410 e. The second-order valence-electron chi connectivity index (χ2n) is 8.94. The molecule has 1 aromatic carbocycles. The number of amides is 2. The smallest absolute Gasteiger partial charge is 0.410 e. The number of hydrogen-bond acceptors (Lipinski definition) is 5. The van der Waals surface area contributed by atoms with Crippen molar-refractivity contribution >= 4 is 18.2 Å². The lowest BCUT2D eigenvalue weighted by atomic mass is 9.72. The average Bonchev–Trinajstić information content (AvgIpc) is 2.64. The average molecular weight is 404 g/mol. The number of rotatable bonds is 3. The Morgan fingerprint density at radius 3 is 2.21 bits per heavy atom. The zero-order valence-electron chi connectivity index (χ0n) is 17.1. The molecule has 0 aromatic heterocycles. The number of ether oxygens (including phenoxy) is 2. The molecule has 2 aliphatic rings. The van der Waals surface area contributed by atoms with Crippen molar-refractivity contribution in [2.24, 2.45) is 11.3 Å². The monoisotopic (exact) mass is 404 g/mol. The molecule has 0 unspecified atom stereocenters. The lowest BCUT2D eigenvalue weighted by Crippen LogP contribution is -2.63. The number of hydrogen-bond donors (Lipinski definition) is 1. The van der Waals surface area contributed by atoms with E-state index in [9.17, 15) is 19.5 Å². The maximum atomic E-state index is 12.6. The van der Waals surface area contributed by atoms with Crippen molar-refractivity contribution in [3.63, 3.8) is 0 Å². The van der Waals surface area contributed by atoms with Gasteiger partial charge in [-0.15, -0.1) is 0 Å². The lowest BCUT2D eigenvalue weighted by molar-refractivity contribution is -0.159. The first-order chi connectivity index (χ1) is 13.6. The molecule has 1 aromatic rings. The molecule has 8 heteroatoms. The number of carboxylic acids is 1. The Kier molecular flexibility index (Phi) is 5.73. The summed E-state index contributed by atoms with van der Waals surface area (Å²) in [7, 11) is 0. The molecular weight excluding hydrogens is 376 g/mol. The van der Waals surface area contributed by atoms with Gasteiger partial charge in [0.25, 0.3) is 0 Å². The van der Waals surface area contributed by atoms with E-state index in [0.717, 1.165) is 5.56 Å². The largest absolute Gasteiger partial charge is 0.481 e. The van der Waals surface area contributed by atoms with Crippen molar-refractivity contribution in [2.45, 2.75) is 39.4 Å². The third kappa shape index (κ3) is 4.99. The molecule has 8 nitrogen and oxygen atoms in total. The standard InChI is InChI=1S/C21H28N2O6/c1-20(2,3)29-19(27)23-11-16-9-21(14-23,17(24)25)13-22(10-16)18(26)28-12-15-7-5-4-6-8-15/h4-8,16H,9-14H2,1-3H3,(H,24,25)/t16-,21+/m1/s1. The molecule has 29 heavy (non-hydrogen) atoms. The minimum atomic E-state index is -1.22. The second-order valence-corrected chi connectivity index (χ2v) is 8.94. The van der Waals surface area contributed by atoms with Crippen LogP contribution in [-0.4, -0.2) is 64.8 Å². The quantitative estimate of drug-likeness (QED) is 0.832. The number of carbonyl (C=O) groups is 3. The van der Waals surface area contributed by atoms with Gasteiger partial charge >= 0.3 is 18.2 Å². The molecule has 2 aliphatic heterocycles. The topological polar surface area (TPSA) is 96.4 Å². The van der Waals surface area contributed by atoms with Gasteiger partial charge < -0.3 is 24.4 Å². The van der Waals surface area contributed by atoms with E-state index in [2.05, 4.69) is 0 Å². The van der Waals surface area contributed by atoms with Crippen LogP contribution in [0.25, 0.3) is 0 Å². The summed E-state index contributed by atoms with van der Waals surface area (Å²) < 4.78 is 10.8. The van der Waals surface area contributed by atoms with E-state index in [1.165, 1.54) is 9.80 Å². The fourth-order valence-electron chi connectivity index (χ4n) is 4.04. The van der Waals surface area contributed by atoms with Crippen molar-refractivity contribution in [1.82, 2.24) is 9.80 Å². The summed E-state index contributed by atoms with van der Waals surface area (Å²) in [6, 6.07) is 9.31. The predicted molar refractivity (Wildman–Crippen MR) is 104 cm³/mol. The third-order valence-corrected chi connectivity index (χ3v) is 5.19. The van der Waals surface area contributed by atoms with Crippen molar-refractivity contribution in [3.05, 3.63) is 35.9 Å². The number of nitrogens with zero attached hydrogens (tertiary/aromatic N) is 2. The molecule has 158 valence electrons. The molecule has 2 heterocycles. The number of benzene rings is 1. The van der Waals surface area contributed by atoms with Crippen LogP contribution in [-0.2, 0) is 20.9 Å². The number of fused-ring (bicyclic) bond motifs is 2. The Morgan fingerprint density at radius 2 is 1.66 bits per heavy atom. The highest BCUT2D eigenvalue weighted by atomic mass is 16.6. The van der Waals surface area contributed by atoms with Crippen LogP contribution in [0.1, 0.15) is 32.8 Å². The minimum Gasteiger partial charge on any atom is -0.481 e. The Hall–Kier alpha value is -2.77. The number of likely N-dealkylation sites (tertiary alicyclic amines) is 2. The van der Waals surface area contributed by atoms with Gasteiger partial charge in [0.1, 0.15) is 17.6 Å².